The first kappa shape index (κ1) is 19.7. The third-order valence-electron chi connectivity index (χ3n) is 4.53. The standard InChI is InChI=1S/C23H20N4O2S/c28-21-13-7-4-10-18(21)14-24-26-22(29)16-30-23-25-19-11-5-6-12-20(19)27(23)15-17-8-2-1-3-9-17/h1-14H,15-16H2,(H2,24,26,28,29)/p+1. The number of aromatic amines is 1. The van der Waals surface area contributed by atoms with E-state index in [1.807, 2.05) is 36.4 Å². The van der Waals surface area contributed by atoms with Gasteiger partial charge in [-0.2, -0.15) is 5.10 Å². The number of nitrogens with zero attached hydrogens (tertiary/aromatic N) is 2. The fraction of sp³-hybridized carbons (Fsp3) is 0.0870. The van der Waals surface area contributed by atoms with Gasteiger partial charge >= 0.3 is 5.16 Å². The quantitative estimate of drug-likeness (QED) is 0.186. The van der Waals surface area contributed by atoms with Crippen molar-refractivity contribution < 1.29 is 14.5 Å². The summed E-state index contributed by atoms with van der Waals surface area (Å²) in [6, 6.07) is 25.1. The van der Waals surface area contributed by atoms with E-state index in [9.17, 15) is 9.90 Å². The van der Waals surface area contributed by atoms with Gasteiger partial charge in [0.05, 0.1) is 12.0 Å². The summed E-state index contributed by atoms with van der Waals surface area (Å²) in [5.41, 5.74) is 6.34. The smallest absolute Gasteiger partial charge is 0.317 e. The summed E-state index contributed by atoms with van der Waals surface area (Å²) in [5, 5.41) is 14.6. The highest BCUT2D eigenvalue weighted by atomic mass is 32.2. The van der Waals surface area contributed by atoms with Crippen LogP contribution in [0.5, 0.6) is 5.75 Å². The van der Waals surface area contributed by atoms with Crippen molar-refractivity contribution in [1.29, 1.82) is 0 Å². The number of phenols is 1. The summed E-state index contributed by atoms with van der Waals surface area (Å²) in [5.74, 6) is 0.0983. The fourth-order valence-corrected chi connectivity index (χ4v) is 3.91. The molecule has 0 saturated heterocycles. The molecule has 4 rings (SSSR count). The van der Waals surface area contributed by atoms with Crippen molar-refractivity contribution in [2.45, 2.75) is 11.7 Å². The molecular formula is C23H21N4O2S+. The van der Waals surface area contributed by atoms with Crippen LogP contribution in [-0.4, -0.2) is 28.0 Å². The maximum atomic E-state index is 12.2. The summed E-state index contributed by atoms with van der Waals surface area (Å²) < 4.78 is 2.17. The van der Waals surface area contributed by atoms with Gasteiger partial charge in [-0.1, -0.05) is 54.6 Å². The highest BCUT2D eigenvalue weighted by molar-refractivity contribution is 7.99. The van der Waals surface area contributed by atoms with Crippen molar-refractivity contribution >= 4 is 34.9 Å². The molecule has 0 aliphatic carbocycles. The molecular weight excluding hydrogens is 396 g/mol. The van der Waals surface area contributed by atoms with Crippen LogP contribution in [0, 0.1) is 0 Å². The summed E-state index contributed by atoms with van der Waals surface area (Å²) in [6.07, 6.45) is 1.43. The third kappa shape index (κ3) is 4.69. The van der Waals surface area contributed by atoms with Crippen LogP contribution in [0.4, 0.5) is 0 Å². The van der Waals surface area contributed by atoms with E-state index in [-0.39, 0.29) is 17.4 Å². The van der Waals surface area contributed by atoms with Crippen molar-refractivity contribution in [3.63, 3.8) is 0 Å². The first-order chi connectivity index (χ1) is 14.7. The normalized spacial score (nSPS) is 11.2. The number of aromatic nitrogens is 2. The third-order valence-corrected chi connectivity index (χ3v) is 5.54. The molecule has 1 amide bonds. The van der Waals surface area contributed by atoms with Crippen molar-refractivity contribution in [2.24, 2.45) is 5.10 Å². The van der Waals surface area contributed by atoms with Crippen LogP contribution < -0.4 is 9.99 Å². The molecule has 1 aromatic heterocycles. The number of imidazole rings is 1. The van der Waals surface area contributed by atoms with Gasteiger partial charge in [0.2, 0.25) is 0 Å². The maximum Gasteiger partial charge on any atom is 0.317 e. The second-order valence-corrected chi connectivity index (χ2v) is 7.62. The van der Waals surface area contributed by atoms with Crippen molar-refractivity contribution in [1.82, 2.24) is 10.4 Å². The first-order valence-electron chi connectivity index (χ1n) is 9.48. The minimum Gasteiger partial charge on any atom is -0.507 e. The number of para-hydroxylation sites is 3. The molecule has 7 heteroatoms. The predicted octanol–water partition coefficient (Wildman–Crippen LogP) is 3.45. The number of rotatable bonds is 7. The molecule has 0 atom stereocenters. The Morgan fingerprint density at radius 1 is 1.03 bits per heavy atom. The minimum atomic E-state index is -0.225. The summed E-state index contributed by atoms with van der Waals surface area (Å²) in [7, 11) is 0. The number of carbonyl (C=O) groups excluding carboxylic acids is 1. The zero-order valence-corrected chi connectivity index (χ0v) is 17.0. The fourth-order valence-electron chi connectivity index (χ4n) is 3.08. The van der Waals surface area contributed by atoms with Gasteiger partial charge in [0, 0.05) is 5.56 Å². The van der Waals surface area contributed by atoms with Gasteiger partial charge in [0.25, 0.3) is 5.91 Å². The molecule has 0 radical (unpaired) electrons. The van der Waals surface area contributed by atoms with Gasteiger partial charge < -0.3 is 5.11 Å². The average molecular weight is 418 g/mol. The van der Waals surface area contributed by atoms with Crippen LogP contribution >= 0.6 is 11.8 Å². The van der Waals surface area contributed by atoms with E-state index in [1.54, 1.807) is 24.3 Å². The lowest BCUT2D eigenvalue weighted by Crippen LogP contribution is -2.36. The molecule has 30 heavy (non-hydrogen) atoms. The summed E-state index contributed by atoms with van der Waals surface area (Å²) >= 11 is 1.42. The summed E-state index contributed by atoms with van der Waals surface area (Å²) in [4.78, 5) is 15.6. The molecule has 0 fully saturated rings. The van der Waals surface area contributed by atoms with Gasteiger partial charge in [-0.05, 0) is 41.6 Å². The zero-order chi connectivity index (χ0) is 20.8. The molecule has 0 spiro atoms. The lowest BCUT2D eigenvalue weighted by Gasteiger charge is -2.03. The predicted molar refractivity (Wildman–Crippen MR) is 119 cm³/mol. The number of thioether (sulfide) groups is 1. The second-order valence-electron chi connectivity index (χ2n) is 6.66. The average Bonchev–Trinajstić information content (AvgIpc) is 3.12. The molecule has 0 bridgehead atoms. The van der Waals surface area contributed by atoms with E-state index < -0.39 is 0 Å². The molecule has 0 aliphatic rings. The number of aromatic hydroxyl groups is 1. The first-order valence-corrected chi connectivity index (χ1v) is 10.5. The Hall–Kier alpha value is -3.58. The SMILES string of the molecule is O=C(CSc1[nH]c2ccccc2[n+]1Cc1ccccc1)NN=Cc1ccccc1O. The number of carbonyl (C=O) groups is 1. The van der Waals surface area contributed by atoms with Gasteiger partial charge in [-0.25, -0.2) is 15.0 Å². The molecule has 0 saturated carbocycles. The van der Waals surface area contributed by atoms with Crippen molar-refractivity contribution in [2.75, 3.05) is 5.75 Å². The number of phenolic OH excluding ortho intramolecular Hbond substituents is 1. The Kier molecular flexibility index (Phi) is 6.10. The number of H-pyrrole nitrogens is 1. The molecule has 4 aromatic rings. The number of hydrogen-bond donors (Lipinski definition) is 3. The lowest BCUT2D eigenvalue weighted by atomic mass is 10.2. The van der Waals surface area contributed by atoms with Crippen molar-refractivity contribution in [3.8, 4) is 5.75 Å². The number of benzene rings is 3. The van der Waals surface area contributed by atoms with Gasteiger partial charge in [0.15, 0.2) is 11.0 Å². The summed E-state index contributed by atoms with van der Waals surface area (Å²) in [6.45, 7) is 0.709. The topological polar surface area (TPSA) is 81.4 Å². The number of hydrazone groups is 1. The molecule has 150 valence electrons. The van der Waals surface area contributed by atoms with E-state index in [4.69, 9.17) is 0 Å². The van der Waals surface area contributed by atoms with E-state index in [0.29, 0.717) is 12.1 Å². The van der Waals surface area contributed by atoms with Crippen LogP contribution in [-0.2, 0) is 11.3 Å². The monoisotopic (exact) mass is 417 g/mol. The van der Waals surface area contributed by atoms with Crippen molar-refractivity contribution in [3.05, 3.63) is 90.0 Å². The number of nitrogens with one attached hydrogen (secondary N) is 2. The molecule has 3 N–H and O–H groups in total. The minimum absolute atomic E-state index is 0.116. The molecule has 0 unspecified atom stereocenters. The van der Waals surface area contributed by atoms with Crippen LogP contribution in [0.15, 0.2) is 89.1 Å². The van der Waals surface area contributed by atoms with E-state index in [2.05, 4.69) is 38.3 Å². The van der Waals surface area contributed by atoms with Crippen LogP contribution in [0.1, 0.15) is 11.1 Å². The highest BCUT2D eigenvalue weighted by Gasteiger charge is 2.20. The lowest BCUT2D eigenvalue weighted by molar-refractivity contribution is -0.700. The van der Waals surface area contributed by atoms with Gasteiger partial charge in [-0.3, -0.25) is 4.79 Å². The zero-order valence-electron chi connectivity index (χ0n) is 16.2. The second kappa shape index (κ2) is 9.28. The number of amides is 1. The van der Waals surface area contributed by atoms with Gasteiger partial charge in [0.1, 0.15) is 12.3 Å². The number of fused-ring (bicyclic) bond motifs is 1. The molecule has 1 heterocycles. The maximum absolute atomic E-state index is 12.2. The number of hydrogen-bond acceptors (Lipinski definition) is 4. The van der Waals surface area contributed by atoms with Crippen LogP contribution in [0.2, 0.25) is 0 Å². The van der Waals surface area contributed by atoms with E-state index >= 15 is 0 Å². The Morgan fingerprint density at radius 2 is 1.77 bits per heavy atom. The molecule has 3 aromatic carbocycles. The highest BCUT2D eigenvalue weighted by Crippen LogP contribution is 2.18. The molecule has 0 aliphatic heterocycles. The van der Waals surface area contributed by atoms with Crippen LogP contribution in [0.25, 0.3) is 11.0 Å². The van der Waals surface area contributed by atoms with Crippen LogP contribution in [0.3, 0.4) is 0 Å². The molecule has 6 nitrogen and oxygen atoms in total. The largest absolute Gasteiger partial charge is 0.507 e. The van der Waals surface area contributed by atoms with Gasteiger partial charge in [-0.15, -0.1) is 0 Å². The Bertz CT molecular complexity index is 1190. The Morgan fingerprint density at radius 3 is 2.60 bits per heavy atom. The Balaban J connectivity index is 1.45. The van der Waals surface area contributed by atoms with E-state index in [1.165, 1.54) is 23.5 Å². The Labute approximate surface area is 178 Å². The van der Waals surface area contributed by atoms with E-state index in [0.717, 1.165) is 16.2 Å².